The average Bonchev–Trinajstić information content (AvgIpc) is 3.38. The molecule has 140 valence electrons. The van der Waals surface area contributed by atoms with E-state index in [1.807, 2.05) is 21.8 Å². The van der Waals surface area contributed by atoms with Gasteiger partial charge in [-0.15, -0.1) is 0 Å². The first-order valence-electron chi connectivity index (χ1n) is 9.50. The van der Waals surface area contributed by atoms with Crippen molar-refractivity contribution in [3.8, 4) is 0 Å². The van der Waals surface area contributed by atoms with E-state index in [0.29, 0.717) is 6.61 Å². The van der Waals surface area contributed by atoms with E-state index in [9.17, 15) is 4.79 Å². The van der Waals surface area contributed by atoms with Crippen molar-refractivity contribution in [2.75, 3.05) is 40.3 Å². The number of fused-ring (bicyclic) bond motifs is 1. The molecule has 7 nitrogen and oxygen atoms in total. The molecule has 0 saturated carbocycles. The molecule has 2 aromatic rings. The van der Waals surface area contributed by atoms with Gasteiger partial charge in [-0.25, -0.2) is 9.67 Å². The van der Waals surface area contributed by atoms with Gasteiger partial charge in [0.25, 0.3) is 5.91 Å². The smallest absolute Gasteiger partial charge is 0.251 e. The van der Waals surface area contributed by atoms with Crippen molar-refractivity contribution in [3.63, 3.8) is 0 Å². The lowest BCUT2D eigenvalue weighted by Crippen LogP contribution is -2.37. The summed E-state index contributed by atoms with van der Waals surface area (Å²) >= 11 is 0. The second-order valence-corrected chi connectivity index (χ2v) is 7.56. The number of nitrogens with zero attached hydrogens (tertiary/aromatic N) is 5. The fourth-order valence-corrected chi connectivity index (χ4v) is 3.95. The van der Waals surface area contributed by atoms with Crippen LogP contribution in [0.25, 0.3) is 11.0 Å². The highest BCUT2D eigenvalue weighted by Gasteiger charge is 2.35. The minimum Gasteiger partial charge on any atom is -0.368 e. The summed E-state index contributed by atoms with van der Waals surface area (Å²) in [5.74, 6) is 0.423. The molecule has 0 aliphatic carbocycles. The fraction of sp³-hybridized carbons (Fsp3) is 0.632. The molecular formula is C19H27N5O2. The van der Waals surface area contributed by atoms with Crippen LogP contribution in [0.4, 0.5) is 0 Å². The zero-order valence-corrected chi connectivity index (χ0v) is 15.6. The SMILES string of the molecule is CN(C)CCn1nc([C@H]2CCN(C(=O)[C@@H]3CCCO3)C2)c2cccnc21. The molecule has 1 amide bonds. The van der Waals surface area contributed by atoms with Gasteiger partial charge in [-0.3, -0.25) is 4.79 Å². The largest absolute Gasteiger partial charge is 0.368 e. The van der Waals surface area contributed by atoms with Gasteiger partial charge in [0.2, 0.25) is 0 Å². The lowest BCUT2D eigenvalue weighted by molar-refractivity contribution is -0.139. The number of hydrogen-bond donors (Lipinski definition) is 0. The Bertz CT molecular complexity index is 781. The third kappa shape index (κ3) is 3.33. The van der Waals surface area contributed by atoms with E-state index in [1.165, 1.54) is 0 Å². The van der Waals surface area contributed by atoms with Crippen molar-refractivity contribution >= 4 is 16.9 Å². The van der Waals surface area contributed by atoms with Crippen LogP contribution >= 0.6 is 0 Å². The Morgan fingerprint density at radius 2 is 2.27 bits per heavy atom. The van der Waals surface area contributed by atoms with E-state index < -0.39 is 0 Å². The van der Waals surface area contributed by atoms with Gasteiger partial charge >= 0.3 is 0 Å². The Labute approximate surface area is 153 Å². The minimum atomic E-state index is -0.232. The third-order valence-corrected chi connectivity index (χ3v) is 5.39. The van der Waals surface area contributed by atoms with Crippen LogP contribution in [0, 0.1) is 0 Å². The lowest BCUT2D eigenvalue weighted by atomic mass is 10.0. The standard InChI is InChI=1S/C19H27N5O2/c1-22(2)10-11-24-18-15(5-3-8-20-18)17(21-24)14-7-9-23(13-14)19(25)16-6-4-12-26-16/h3,5,8,14,16H,4,6-7,9-13H2,1-2H3/t14-,16-/m0/s1. The molecule has 2 atom stereocenters. The molecule has 0 N–H and O–H groups in total. The zero-order chi connectivity index (χ0) is 18.1. The summed E-state index contributed by atoms with van der Waals surface area (Å²) in [5, 5.41) is 6.01. The Balaban J connectivity index is 1.54. The molecule has 7 heteroatoms. The van der Waals surface area contributed by atoms with Gasteiger partial charge in [-0.2, -0.15) is 5.10 Å². The molecule has 26 heavy (non-hydrogen) atoms. The maximum Gasteiger partial charge on any atom is 0.251 e. The molecule has 2 saturated heterocycles. The number of carbonyl (C=O) groups excluding carboxylic acids is 1. The van der Waals surface area contributed by atoms with Crippen LogP contribution in [-0.4, -0.2) is 76.9 Å². The first-order chi connectivity index (χ1) is 12.6. The van der Waals surface area contributed by atoms with Crippen LogP contribution in [-0.2, 0) is 16.1 Å². The maximum absolute atomic E-state index is 12.6. The van der Waals surface area contributed by atoms with Crippen LogP contribution in [0.15, 0.2) is 18.3 Å². The molecule has 0 radical (unpaired) electrons. The van der Waals surface area contributed by atoms with Gasteiger partial charge in [0, 0.05) is 43.7 Å². The molecule has 0 unspecified atom stereocenters. The van der Waals surface area contributed by atoms with Crippen molar-refractivity contribution in [1.29, 1.82) is 0 Å². The second-order valence-electron chi connectivity index (χ2n) is 7.56. The van der Waals surface area contributed by atoms with Crippen LogP contribution in [0.3, 0.4) is 0 Å². The number of carbonyl (C=O) groups is 1. The summed E-state index contributed by atoms with van der Waals surface area (Å²) in [6.07, 6.45) is 4.38. The Kier molecular flexibility index (Phi) is 4.91. The Morgan fingerprint density at radius 1 is 1.38 bits per heavy atom. The Morgan fingerprint density at radius 3 is 3.04 bits per heavy atom. The molecule has 2 aromatic heterocycles. The molecule has 2 aliphatic rings. The number of rotatable bonds is 5. The van der Waals surface area contributed by atoms with Crippen molar-refractivity contribution in [2.24, 2.45) is 0 Å². The van der Waals surface area contributed by atoms with E-state index in [0.717, 1.165) is 62.2 Å². The molecule has 4 rings (SSSR count). The van der Waals surface area contributed by atoms with Crippen LogP contribution in [0.2, 0.25) is 0 Å². The van der Waals surface area contributed by atoms with Crippen LogP contribution in [0.5, 0.6) is 0 Å². The summed E-state index contributed by atoms with van der Waals surface area (Å²) in [5.41, 5.74) is 2.02. The molecule has 2 aliphatic heterocycles. The summed E-state index contributed by atoms with van der Waals surface area (Å²) < 4.78 is 7.58. The average molecular weight is 357 g/mol. The van der Waals surface area contributed by atoms with E-state index in [4.69, 9.17) is 9.84 Å². The molecule has 0 bridgehead atoms. The molecule has 0 spiro atoms. The minimum absolute atomic E-state index is 0.152. The maximum atomic E-state index is 12.6. The number of hydrogen-bond acceptors (Lipinski definition) is 5. The van der Waals surface area contributed by atoms with E-state index >= 15 is 0 Å². The Hall–Kier alpha value is -1.99. The number of aromatic nitrogens is 3. The van der Waals surface area contributed by atoms with Crippen LogP contribution < -0.4 is 0 Å². The highest BCUT2D eigenvalue weighted by atomic mass is 16.5. The molecule has 0 aromatic carbocycles. The highest BCUT2D eigenvalue weighted by molar-refractivity contribution is 5.82. The van der Waals surface area contributed by atoms with Gasteiger partial charge in [0.1, 0.15) is 6.10 Å². The zero-order valence-electron chi connectivity index (χ0n) is 15.6. The van der Waals surface area contributed by atoms with Crippen molar-refractivity contribution in [2.45, 2.75) is 37.8 Å². The number of likely N-dealkylation sites (N-methyl/N-ethyl adjacent to an activating group) is 1. The predicted octanol–water partition coefficient (Wildman–Crippen LogP) is 1.49. The molecule has 2 fully saturated rings. The third-order valence-electron chi connectivity index (χ3n) is 5.39. The first kappa shape index (κ1) is 17.4. The monoisotopic (exact) mass is 357 g/mol. The molecule has 4 heterocycles. The second kappa shape index (κ2) is 7.32. The van der Waals surface area contributed by atoms with Crippen molar-refractivity contribution < 1.29 is 9.53 Å². The fourth-order valence-electron chi connectivity index (χ4n) is 3.95. The van der Waals surface area contributed by atoms with Gasteiger partial charge in [-0.1, -0.05) is 0 Å². The van der Waals surface area contributed by atoms with E-state index in [-0.39, 0.29) is 17.9 Å². The lowest BCUT2D eigenvalue weighted by Gasteiger charge is -2.19. The quantitative estimate of drug-likeness (QED) is 0.811. The van der Waals surface area contributed by atoms with Crippen LogP contribution in [0.1, 0.15) is 30.9 Å². The predicted molar refractivity (Wildman–Crippen MR) is 99.0 cm³/mol. The van der Waals surface area contributed by atoms with E-state index in [1.54, 1.807) is 0 Å². The van der Waals surface area contributed by atoms with Gasteiger partial charge in [0.05, 0.1) is 12.2 Å². The summed E-state index contributed by atoms with van der Waals surface area (Å²) in [4.78, 5) is 21.3. The summed E-state index contributed by atoms with van der Waals surface area (Å²) in [7, 11) is 4.12. The number of ether oxygens (including phenoxy) is 1. The number of likely N-dealkylation sites (tertiary alicyclic amines) is 1. The van der Waals surface area contributed by atoms with Crippen molar-refractivity contribution in [3.05, 3.63) is 24.0 Å². The van der Waals surface area contributed by atoms with Gasteiger partial charge < -0.3 is 14.5 Å². The number of amides is 1. The molecular weight excluding hydrogens is 330 g/mol. The van der Waals surface area contributed by atoms with E-state index in [2.05, 4.69) is 30.0 Å². The summed E-state index contributed by atoms with van der Waals surface area (Å²) in [6.45, 7) is 3.95. The van der Waals surface area contributed by atoms with Crippen molar-refractivity contribution in [1.82, 2.24) is 24.6 Å². The highest BCUT2D eigenvalue weighted by Crippen LogP contribution is 2.32. The number of pyridine rings is 1. The first-order valence-corrected chi connectivity index (χ1v) is 9.50. The van der Waals surface area contributed by atoms with Gasteiger partial charge in [0.15, 0.2) is 5.65 Å². The topological polar surface area (TPSA) is 63.5 Å². The summed E-state index contributed by atoms with van der Waals surface area (Å²) in [6, 6.07) is 4.06. The van der Waals surface area contributed by atoms with Gasteiger partial charge in [-0.05, 0) is 45.5 Å². The normalized spacial score (nSPS) is 23.4.